The van der Waals surface area contributed by atoms with Crippen molar-refractivity contribution in [2.45, 2.75) is 53.9 Å². The third-order valence-electron chi connectivity index (χ3n) is 7.33. The second kappa shape index (κ2) is 13.3. The number of aryl methyl sites for hydroxylation is 3. The Bertz CT molecular complexity index is 1680. The number of para-hydroxylation sites is 1. The molecule has 1 heteroatoms. The summed E-state index contributed by atoms with van der Waals surface area (Å²) in [5.41, 5.74) is 10.5. The van der Waals surface area contributed by atoms with Gasteiger partial charge in [-0.2, -0.15) is 0 Å². The minimum absolute atomic E-state index is 0.134. The van der Waals surface area contributed by atoms with E-state index in [4.69, 9.17) is 0 Å². The van der Waals surface area contributed by atoms with Crippen molar-refractivity contribution in [1.82, 2.24) is 4.57 Å². The van der Waals surface area contributed by atoms with Crippen LogP contribution in [-0.2, 0) is 5.41 Å². The summed E-state index contributed by atoms with van der Waals surface area (Å²) in [5, 5.41) is 2.65. The van der Waals surface area contributed by atoms with Crippen molar-refractivity contribution in [2.75, 3.05) is 0 Å². The van der Waals surface area contributed by atoms with Gasteiger partial charge in [0.25, 0.3) is 0 Å². The summed E-state index contributed by atoms with van der Waals surface area (Å²) in [6, 6.07) is 42.7. The Hall–Kier alpha value is -4.36. The van der Waals surface area contributed by atoms with E-state index < -0.39 is 0 Å². The number of aromatic nitrogens is 1. The molecule has 0 aliphatic carbocycles. The van der Waals surface area contributed by atoms with E-state index in [0.29, 0.717) is 0 Å². The zero-order chi connectivity index (χ0) is 29.4. The van der Waals surface area contributed by atoms with Gasteiger partial charge in [-0.25, -0.2) is 0 Å². The lowest BCUT2D eigenvalue weighted by atomic mass is 9.86. The van der Waals surface area contributed by atoms with Gasteiger partial charge in [-0.3, -0.25) is 0 Å². The molecule has 6 rings (SSSR count). The highest BCUT2D eigenvalue weighted by molar-refractivity contribution is 6.11. The summed E-state index contributed by atoms with van der Waals surface area (Å²) in [7, 11) is 0. The average Bonchev–Trinajstić information content (AvgIpc) is 3.31. The predicted molar refractivity (Wildman–Crippen MR) is 181 cm³/mol. The van der Waals surface area contributed by atoms with Gasteiger partial charge in [0.1, 0.15) is 0 Å². The first-order valence-electron chi connectivity index (χ1n) is 14.5. The SMILES string of the molecule is C/C=C\c1ccc2c3cc(C(C)(C)C)ccc3n(-c3ccccc3)c2c1C.Cc1ccccc1.Cc1ccccc1. The molecule has 1 aromatic heterocycles. The number of hydrogen-bond acceptors (Lipinski definition) is 0. The fourth-order valence-corrected chi connectivity index (χ4v) is 5.03. The molecule has 1 nitrogen and oxygen atoms in total. The molecule has 0 unspecified atom stereocenters. The van der Waals surface area contributed by atoms with E-state index in [9.17, 15) is 0 Å². The van der Waals surface area contributed by atoms with Crippen molar-refractivity contribution in [1.29, 1.82) is 0 Å². The van der Waals surface area contributed by atoms with Crippen LogP contribution in [0.15, 0.2) is 127 Å². The van der Waals surface area contributed by atoms with Gasteiger partial charge in [0.15, 0.2) is 0 Å². The third kappa shape index (κ3) is 7.24. The van der Waals surface area contributed by atoms with Gasteiger partial charge in [-0.15, -0.1) is 0 Å². The number of hydrogen-bond donors (Lipinski definition) is 0. The van der Waals surface area contributed by atoms with Crippen LogP contribution >= 0.6 is 0 Å². The Morgan fingerprint density at radius 2 is 1.12 bits per heavy atom. The average molecular weight is 538 g/mol. The number of fused-ring (bicyclic) bond motifs is 3. The summed E-state index contributed by atoms with van der Waals surface area (Å²) >= 11 is 0. The van der Waals surface area contributed by atoms with Crippen molar-refractivity contribution in [3.63, 3.8) is 0 Å². The first-order chi connectivity index (χ1) is 19.7. The Balaban J connectivity index is 0.000000225. The van der Waals surface area contributed by atoms with Crippen molar-refractivity contribution in [3.05, 3.63) is 155 Å². The molecule has 0 spiro atoms. The number of nitrogens with zero attached hydrogens (tertiary/aromatic N) is 1. The van der Waals surface area contributed by atoms with Crippen LogP contribution in [0.2, 0.25) is 0 Å². The molecule has 1 heterocycles. The van der Waals surface area contributed by atoms with Crippen LogP contribution in [0.4, 0.5) is 0 Å². The molecule has 0 aliphatic heterocycles. The van der Waals surface area contributed by atoms with E-state index in [1.165, 1.54) is 55.3 Å². The molecule has 6 aromatic rings. The van der Waals surface area contributed by atoms with E-state index in [2.05, 4.69) is 150 Å². The Labute approximate surface area is 246 Å². The zero-order valence-corrected chi connectivity index (χ0v) is 25.6. The van der Waals surface area contributed by atoms with E-state index in [1.807, 2.05) is 36.4 Å². The van der Waals surface area contributed by atoms with Crippen molar-refractivity contribution in [2.24, 2.45) is 0 Å². The molecule has 0 amide bonds. The molecule has 208 valence electrons. The van der Waals surface area contributed by atoms with Gasteiger partial charge in [-0.05, 0) is 74.1 Å². The van der Waals surface area contributed by atoms with Crippen LogP contribution in [0.1, 0.15) is 55.5 Å². The number of benzene rings is 5. The Kier molecular flexibility index (Phi) is 9.63. The quantitative estimate of drug-likeness (QED) is 0.207. The van der Waals surface area contributed by atoms with Crippen molar-refractivity contribution < 1.29 is 0 Å². The molecule has 0 aliphatic rings. The number of rotatable bonds is 2. The topological polar surface area (TPSA) is 4.93 Å². The summed E-state index contributed by atoms with van der Waals surface area (Å²) in [6.07, 6.45) is 4.31. The minimum Gasteiger partial charge on any atom is -0.309 e. The summed E-state index contributed by atoms with van der Waals surface area (Å²) in [5.74, 6) is 0. The highest BCUT2D eigenvalue weighted by atomic mass is 15.0. The lowest BCUT2D eigenvalue weighted by molar-refractivity contribution is 0.591. The fourth-order valence-electron chi connectivity index (χ4n) is 5.03. The number of allylic oxidation sites excluding steroid dienone is 1. The van der Waals surface area contributed by atoms with Crippen molar-refractivity contribution in [3.8, 4) is 5.69 Å². The van der Waals surface area contributed by atoms with E-state index >= 15 is 0 Å². The van der Waals surface area contributed by atoms with Crippen LogP contribution < -0.4 is 0 Å². The second-order valence-corrected chi connectivity index (χ2v) is 11.6. The lowest BCUT2D eigenvalue weighted by Gasteiger charge is -2.19. The molecule has 0 radical (unpaired) electrons. The zero-order valence-electron chi connectivity index (χ0n) is 25.6. The first-order valence-corrected chi connectivity index (χ1v) is 14.5. The molecule has 0 bridgehead atoms. The van der Waals surface area contributed by atoms with Crippen LogP contribution in [0.3, 0.4) is 0 Å². The first kappa shape index (κ1) is 29.6. The molecule has 41 heavy (non-hydrogen) atoms. The highest BCUT2D eigenvalue weighted by Gasteiger charge is 2.19. The highest BCUT2D eigenvalue weighted by Crippen LogP contribution is 2.37. The smallest absolute Gasteiger partial charge is 0.0576 e. The fraction of sp³-hybridized carbons (Fsp3) is 0.200. The lowest BCUT2D eigenvalue weighted by Crippen LogP contribution is -2.10. The summed E-state index contributed by atoms with van der Waals surface area (Å²) in [4.78, 5) is 0. The third-order valence-corrected chi connectivity index (χ3v) is 7.33. The van der Waals surface area contributed by atoms with Gasteiger partial charge in [-0.1, -0.05) is 141 Å². The monoisotopic (exact) mass is 537 g/mol. The van der Waals surface area contributed by atoms with Crippen LogP contribution in [-0.4, -0.2) is 4.57 Å². The largest absolute Gasteiger partial charge is 0.309 e. The maximum atomic E-state index is 2.42. The van der Waals surface area contributed by atoms with E-state index in [0.717, 1.165) is 0 Å². The van der Waals surface area contributed by atoms with Crippen LogP contribution in [0, 0.1) is 20.8 Å². The van der Waals surface area contributed by atoms with E-state index in [-0.39, 0.29) is 5.41 Å². The molecule has 0 atom stereocenters. The second-order valence-electron chi connectivity index (χ2n) is 11.6. The van der Waals surface area contributed by atoms with E-state index in [1.54, 1.807) is 0 Å². The molecule has 5 aromatic carbocycles. The van der Waals surface area contributed by atoms with Crippen LogP contribution in [0.25, 0.3) is 33.6 Å². The molecule has 0 N–H and O–H groups in total. The van der Waals surface area contributed by atoms with Crippen LogP contribution in [0.5, 0.6) is 0 Å². The standard InChI is InChI=1S/C26H27N.2C7H8/c1-6-10-19-13-15-22-23-17-20(26(3,4)5)14-16-24(23)27(25(22)18(19)2)21-11-8-7-9-12-21;2*1-7-5-3-2-4-6-7/h6-17H,1-5H3;2*2-6H,1H3/b10-6-;;. The molecular weight excluding hydrogens is 494 g/mol. The molecular formula is C40H43N. The summed E-state index contributed by atoms with van der Waals surface area (Å²) < 4.78 is 2.42. The minimum atomic E-state index is 0.134. The maximum absolute atomic E-state index is 2.42. The molecule has 0 saturated carbocycles. The molecule has 0 fully saturated rings. The maximum Gasteiger partial charge on any atom is 0.0576 e. The van der Waals surface area contributed by atoms with Gasteiger partial charge in [0.2, 0.25) is 0 Å². The predicted octanol–water partition coefficient (Wildman–Crippen LogP) is 11.4. The van der Waals surface area contributed by atoms with Gasteiger partial charge in [0, 0.05) is 16.5 Å². The molecule has 0 saturated heterocycles. The van der Waals surface area contributed by atoms with Gasteiger partial charge >= 0.3 is 0 Å². The van der Waals surface area contributed by atoms with Crippen molar-refractivity contribution >= 4 is 27.9 Å². The van der Waals surface area contributed by atoms with Gasteiger partial charge < -0.3 is 4.57 Å². The Morgan fingerprint density at radius 1 is 0.585 bits per heavy atom. The van der Waals surface area contributed by atoms with Gasteiger partial charge in [0.05, 0.1) is 11.0 Å². The Morgan fingerprint density at radius 3 is 1.59 bits per heavy atom. The normalized spacial score (nSPS) is 11.2. The summed E-state index contributed by atoms with van der Waals surface area (Å²) in [6.45, 7) is 15.3.